The van der Waals surface area contributed by atoms with Gasteiger partial charge in [0.2, 0.25) is 0 Å². The van der Waals surface area contributed by atoms with Gasteiger partial charge < -0.3 is 26.7 Å². The minimum atomic E-state index is -1.66. The van der Waals surface area contributed by atoms with Gasteiger partial charge in [-0.05, 0) is 24.4 Å². The molecular formula is C14H16N4O3S. The summed E-state index contributed by atoms with van der Waals surface area (Å²) < 4.78 is 0.860. The Labute approximate surface area is 130 Å². The lowest BCUT2D eigenvalue weighted by Gasteiger charge is -2.15. The number of fused-ring (bicyclic) bond motifs is 1. The molecule has 2 rings (SSSR count). The number of nitrogens with two attached hydrogens (primary N) is 1. The molecule has 116 valence electrons. The maximum absolute atomic E-state index is 11.8. The summed E-state index contributed by atoms with van der Waals surface area (Å²) in [5.41, 5.74) is 5.91. The van der Waals surface area contributed by atoms with Gasteiger partial charge in [-0.25, -0.2) is 4.98 Å². The van der Waals surface area contributed by atoms with E-state index in [1.807, 2.05) is 18.2 Å². The number of nitrogens with zero attached hydrogens (tertiary/aromatic N) is 1. The maximum atomic E-state index is 11.8. The molecule has 8 heteroatoms. The average molecular weight is 320 g/mol. The van der Waals surface area contributed by atoms with E-state index >= 15 is 0 Å². The number of carbonyl (C=O) groups excluding carboxylic acids is 1. The van der Waals surface area contributed by atoms with Crippen LogP contribution >= 0.6 is 11.3 Å². The number of nitrogens with one attached hydrogen (secondary N) is 2. The fourth-order valence-electron chi connectivity index (χ4n) is 1.76. The van der Waals surface area contributed by atoms with E-state index < -0.39 is 18.1 Å². The summed E-state index contributed by atoms with van der Waals surface area (Å²) in [4.78, 5) is 16.0. The van der Waals surface area contributed by atoms with Crippen LogP contribution in [0.5, 0.6) is 0 Å². The zero-order valence-corrected chi connectivity index (χ0v) is 12.4. The van der Waals surface area contributed by atoms with E-state index in [0.717, 1.165) is 4.70 Å². The molecule has 1 aromatic heterocycles. The van der Waals surface area contributed by atoms with Gasteiger partial charge in [-0.1, -0.05) is 12.1 Å². The van der Waals surface area contributed by atoms with Crippen LogP contribution in [0.4, 0.5) is 0 Å². The van der Waals surface area contributed by atoms with E-state index in [4.69, 9.17) is 11.1 Å². The van der Waals surface area contributed by atoms with Crippen molar-refractivity contribution in [3.8, 4) is 0 Å². The second kappa shape index (κ2) is 7.12. The normalized spacial score (nSPS) is 14.1. The highest BCUT2D eigenvalue weighted by molar-refractivity contribution is 7.18. The largest absolute Gasteiger partial charge is 0.405 e. The first-order valence-electron chi connectivity index (χ1n) is 6.48. The van der Waals surface area contributed by atoms with Gasteiger partial charge in [0.15, 0.2) is 6.10 Å². The highest BCUT2D eigenvalue weighted by Crippen LogP contribution is 2.27. The molecule has 1 heterocycles. The predicted octanol–water partition coefficient (Wildman–Crippen LogP) is 0.299. The average Bonchev–Trinajstić information content (AvgIpc) is 2.95. The highest BCUT2D eigenvalue weighted by Gasteiger charge is 2.28. The summed E-state index contributed by atoms with van der Waals surface area (Å²) in [5, 5.41) is 30.0. The standard InChI is InChI=1S/C14H16N4O3S/c15-6-5-8(16)7-17-13(21)11(19)12(20)14-18-9-3-1-2-4-10(9)22-14/h1-6,11-12,16,19-20H,7,15H2,(H,17,21)/b6-5-,16-8?/t11-,12-/m1/s1. The van der Waals surface area contributed by atoms with E-state index in [9.17, 15) is 15.0 Å². The lowest BCUT2D eigenvalue weighted by molar-refractivity contribution is -0.135. The highest BCUT2D eigenvalue weighted by atomic mass is 32.1. The van der Waals surface area contributed by atoms with Crippen LogP contribution < -0.4 is 11.1 Å². The molecule has 0 fully saturated rings. The Morgan fingerprint density at radius 1 is 1.45 bits per heavy atom. The molecule has 1 aromatic carbocycles. The summed E-state index contributed by atoms with van der Waals surface area (Å²) in [6.45, 7) is -0.0871. The molecule has 0 saturated heterocycles. The quantitative estimate of drug-likeness (QED) is 0.488. The van der Waals surface area contributed by atoms with Crippen molar-refractivity contribution < 1.29 is 15.0 Å². The number of hydrogen-bond donors (Lipinski definition) is 5. The minimum Gasteiger partial charge on any atom is -0.405 e. The van der Waals surface area contributed by atoms with Crippen LogP contribution in [0.3, 0.4) is 0 Å². The summed E-state index contributed by atoms with van der Waals surface area (Å²) >= 11 is 1.21. The molecule has 1 amide bonds. The zero-order valence-electron chi connectivity index (χ0n) is 11.6. The van der Waals surface area contributed by atoms with Gasteiger partial charge in [-0.2, -0.15) is 0 Å². The smallest absolute Gasteiger partial charge is 0.252 e. The molecule has 0 aliphatic carbocycles. The monoisotopic (exact) mass is 320 g/mol. The van der Waals surface area contributed by atoms with Crippen molar-refractivity contribution in [2.45, 2.75) is 12.2 Å². The molecule has 7 nitrogen and oxygen atoms in total. The lowest BCUT2D eigenvalue weighted by atomic mass is 10.2. The summed E-state index contributed by atoms with van der Waals surface area (Å²) in [5.74, 6) is -0.776. The molecular weight excluding hydrogens is 304 g/mol. The van der Waals surface area contributed by atoms with Crippen LogP contribution in [0.25, 0.3) is 10.2 Å². The lowest BCUT2D eigenvalue weighted by Crippen LogP contribution is -2.40. The number of aliphatic hydroxyl groups excluding tert-OH is 2. The number of thiazole rings is 1. The third-order valence-electron chi connectivity index (χ3n) is 2.88. The summed E-state index contributed by atoms with van der Waals surface area (Å²) in [6, 6.07) is 7.29. The molecule has 0 radical (unpaired) electrons. The van der Waals surface area contributed by atoms with Gasteiger partial charge in [0.25, 0.3) is 5.91 Å². The molecule has 0 aliphatic heterocycles. The molecule has 2 aromatic rings. The Balaban J connectivity index is 2.03. The Kier molecular flexibility index (Phi) is 5.21. The molecule has 22 heavy (non-hydrogen) atoms. The van der Waals surface area contributed by atoms with Crippen molar-refractivity contribution >= 4 is 33.2 Å². The second-order valence-corrected chi connectivity index (χ2v) is 5.57. The molecule has 0 bridgehead atoms. The number of para-hydroxylation sites is 1. The van der Waals surface area contributed by atoms with Crippen LogP contribution in [0.15, 0.2) is 36.5 Å². The topological polar surface area (TPSA) is 132 Å². The molecule has 0 unspecified atom stereocenters. The summed E-state index contributed by atoms with van der Waals surface area (Å²) in [7, 11) is 0. The van der Waals surface area contributed by atoms with Gasteiger partial charge in [-0.15, -0.1) is 11.3 Å². The van der Waals surface area contributed by atoms with Crippen molar-refractivity contribution in [3.63, 3.8) is 0 Å². The number of carbonyl (C=O) groups is 1. The van der Waals surface area contributed by atoms with Gasteiger partial charge >= 0.3 is 0 Å². The van der Waals surface area contributed by atoms with Crippen molar-refractivity contribution in [2.75, 3.05) is 6.54 Å². The Morgan fingerprint density at radius 2 is 2.18 bits per heavy atom. The van der Waals surface area contributed by atoms with Gasteiger partial charge in [0.05, 0.1) is 22.5 Å². The first-order valence-corrected chi connectivity index (χ1v) is 7.29. The number of hydrogen-bond acceptors (Lipinski definition) is 7. The third-order valence-corrected chi connectivity index (χ3v) is 3.99. The minimum absolute atomic E-state index is 0.0810. The van der Waals surface area contributed by atoms with E-state index in [2.05, 4.69) is 10.3 Å². The fraction of sp³-hybridized carbons (Fsp3) is 0.214. The van der Waals surface area contributed by atoms with Gasteiger partial charge in [0, 0.05) is 0 Å². The number of rotatable bonds is 6. The van der Waals surface area contributed by atoms with Crippen molar-refractivity contribution in [1.82, 2.24) is 10.3 Å². The molecule has 0 spiro atoms. The first-order chi connectivity index (χ1) is 10.5. The second-order valence-electron chi connectivity index (χ2n) is 4.51. The zero-order chi connectivity index (χ0) is 16.1. The van der Waals surface area contributed by atoms with Crippen LogP contribution in [-0.2, 0) is 4.79 Å². The van der Waals surface area contributed by atoms with Gasteiger partial charge in [-0.3, -0.25) is 4.79 Å². The fourth-order valence-corrected chi connectivity index (χ4v) is 2.74. The first kappa shape index (κ1) is 16.1. The third kappa shape index (κ3) is 3.67. The van der Waals surface area contributed by atoms with Crippen LogP contribution in [-0.4, -0.2) is 39.5 Å². The summed E-state index contributed by atoms with van der Waals surface area (Å²) in [6.07, 6.45) is -0.579. The van der Waals surface area contributed by atoms with Crippen molar-refractivity contribution in [3.05, 3.63) is 41.5 Å². The number of benzene rings is 1. The van der Waals surface area contributed by atoms with Crippen LogP contribution in [0.2, 0.25) is 0 Å². The number of aromatic nitrogens is 1. The molecule has 0 saturated carbocycles. The SMILES string of the molecule is N=C(/C=C\N)CNC(=O)[C@H](O)[C@@H](O)c1nc2ccccc2s1. The van der Waals surface area contributed by atoms with Crippen LogP contribution in [0.1, 0.15) is 11.1 Å². The van der Waals surface area contributed by atoms with Crippen LogP contribution in [0, 0.1) is 5.41 Å². The van der Waals surface area contributed by atoms with E-state index in [1.165, 1.54) is 23.6 Å². The maximum Gasteiger partial charge on any atom is 0.252 e. The van der Waals surface area contributed by atoms with E-state index in [0.29, 0.717) is 5.52 Å². The predicted molar refractivity (Wildman–Crippen MR) is 84.7 cm³/mol. The van der Waals surface area contributed by atoms with Crippen molar-refractivity contribution in [1.29, 1.82) is 5.41 Å². The van der Waals surface area contributed by atoms with E-state index in [1.54, 1.807) is 6.07 Å². The van der Waals surface area contributed by atoms with Gasteiger partial charge in [0.1, 0.15) is 11.1 Å². The molecule has 2 atom stereocenters. The van der Waals surface area contributed by atoms with Crippen molar-refractivity contribution in [2.24, 2.45) is 5.73 Å². The number of amides is 1. The van der Waals surface area contributed by atoms with E-state index in [-0.39, 0.29) is 17.3 Å². The molecule has 6 N–H and O–H groups in total. The molecule has 0 aliphatic rings. The number of aliphatic hydroxyl groups is 2. The Bertz CT molecular complexity index is 680. The Morgan fingerprint density at radius 3 is 2.86 bits per heavy atom. The Hall–Kier alpha value is -2.29.